The smallest absolute Gasteiger partial charge is 0.0991 e. The van der Waals surface area contributed by atoms with Crippen LogP contribution >= 0.6 is 0 Å². The molecule has 4 nitrogen and oxygen atoms in total. The summed E-state index contributed by atoms with van der Waals surface area (Å²) < 4.78 is 5.95. The van der Waals surface area contributed by atoms with Crippen LogP contribution in [0.2, 0.25) is 0 Å². The van der Waals surface area contributed by atoms with E-state index in [2.05, 4.69) is 43.2 Å². The Morgan fingerprint density at radius 1 is 1.50 bits per heavy atom. The van der Waals surface area contributed by atoms with Crippen LogP contribution in [0.4, 0.5) is 0 Å². The predicted octanol–water partition coefficient (Wildman–Crippen LogP) is 1.93. The second-order valence-corrected chi connectivity index (χ2v) is 5.63. The molecule has 2 rings (SSSR count). The van der Waals surface area contributed by atoms with Gasteiger partial charge in [0.25, 0.3) is 0 Å². The van der Waals surface area contributed by atoms with Gasteiger partial charge in [0.2, 0.25) is 0 Å². The second kappa shape index (κ2) is 6.85. The number of likely N-dealkylation sites (N-methyl/N-ethyl adjacent to an activating group) is 1. The van der Waals surface area contributed by atoms with Crippen LogP contribution in [0.25, 0.3) is 0 Å². The Balaban J connectivity index is 2.20. The number of nitriles is 1. The second-order valence-electron chi connectivity index (χ2n) is 5.63. The molecule has 0 saturated carbocycles. The van der Waals surface area contributed by atoms with Gasteiger partial charge in [0.15, 0.2) is 0 Å². The van der Waals surface area contributed by atoms with Crippen LogP contribution in [0.1, 0.15) is 31.0 Å². The van der Waals surface area contributed by atoms with E-state index in [1.807, 2.05) is 18.2 Å². The van der Waals surface area contributed by atoms with E-state index in [0.29, 0.717) is 11.6 Å². The zero-order valence-corrected chi connectivity index (χ0v) is 12.5. The molecule has 0 aromatic heterocycles. The summed E-state index contributed by atoms with van der Waals surface area (Å²) in [5, 5.41) is 12.5. The van der Waals surface area contributed by atoms with Gasteiger partial charge in [0.1, 0.15) is 0 Å². The van der Waals surface area contributed by atoms with Gasteiger partial charge in [-0.25, -0.2) is 0 Å². The number of nitrogens with zero attached hydrogens (tertiary/aromatic N) is 2. The van der Waals surface area contributed by atoms with Crippen LogP contribution in [-0.4, -0.2) is 43.8 Å². The highest BCUT2D eigenvalue weighted by molar-refractivity contribution is 5.34. The normalized spacial score (nSPS) is 23.8. The fourth-order valence-electron chi connectivity index (χ4n) is 2.65. The van der Waals surface area contributed by atoms with Crippen molar-refractivity contribution in [3.8, 4) is 6.07 Å². The molecule has 1 aromatic rings. The molecule has 0 spiro atoms. The molecule has 1 fully saturated rings. The highest BCUT2D eigenvalue weighted by atomic mass is 16.5. The zero-order valence-electron chi connectivity index (χ0n) is 12.5. The minimum atomic E-state index is 0.116. The first kappa shape index (κ1) is 15.0. The average molecular weight is 273 g/mol. The van der Waals surface area contributed by atoms with Crippen molar-refractivity contribution in [2.45, 2.75) is 32.0 Å². The molecule has 1 aromatic carbocycles. The van der Waals surface area contributed by atoms with E-state index in [9.17, 15) is 0 Å². The third-order valence-electron chi connectivity index (χ3n) is 3.69. The Morgan fingerprint density at radius 3 is 3.00 bits per heavy atom. The average Bonchev–Trinajstić information content (AvgIpc) is 2.45. The standard InChI is InChI=1S/C16H23N3O/c1-12(2)18-11-15-16(19(3)7-8-20-15)14-6-4-5-13(9-14)10-17/h4-6,9,12,15-16,18H,7-8,11H2,1-3H3. The third-order valence-corrected chi connectivity index (χ3v) is 3.69. The molecule has 0 amide bonds. The maximum Gasteiger partial charge on any atom is 0.0991 e. The lowest BCUT2D eigenvalue weighted by Crippen LogP contribution is -2.48. The first-order valence-corrected chi connectivity index (χ1v) is 7.17. The van der Waals surface area contributed by atoms with E-state index >= 15 is 0 Å². The molecule has 108 valence electrons. The Morgan fingerprint density at radius 2 is 2.30 bits per heavy atom. The van der Waals surface area contributed by atoms with E-state index in [1.165, 1.54) is 0 Å². The Kier molecular flexibility index (Phi) is 5.13. The van der Waals surface area contributed by atoms with Crippen LogP contribution < -0.4 is 5.32 Å². The first-order valence-electron chi connectivity index (χ1n) is 7.17. The van der Waals surface area contributed by atoms with Gasteiger partial charge in [0.05, 0.1) is 30.4 Å². The molecule has 1 saturated heterocycles. The summed E-state index contributed by atoms with van der Waals surface area (Å²) in [5.41, 5.74) is 1.86. The van der Waals surface area contributed by atoms with Gasteiger partial charge >= 0.3 is 0 Å². The number of benzene rings is 1. The lowest BCUT2D eigenvalue weighted by molar-refractivity contribution is -0.0620. The molecular weight excluding hydrogens is 250 g/mol. The number of nitrogens with one attached hydrogen (secondary N) is 1. The van der Waals surface area contributed by atoms with Crippen LogP contribution in [-0.2, 0) is 4.74 Å². The van der Waals surface area contributed by atoms with Gasteiger partial charge in [-0.3, -0.25) is 4.90 Å². The molecule has 1 aliphatic rings. The van der Waals surface area contributed by atoms with E-state index in [4.69, 9.17) is 10.00 Å². The first-order chi connectivity index (χ1) is 9.61. The topological polar surface area (TPSA) is 48.3 Å². The Hall–Kier alpha value is -1.41. The summed E-state index contributed by atoms with van der Waals surface area (Å²) in [7, 11) is 2.12. The highest BCUT2D eigenvalue weighted by Gasteiger charge is 2.31. The van der Waals surface area contributed by atoms with Crippen molar-refractivity contribution in [3.63, 3.8) is 0 Å². The number of morpholine rings is 1. The Bertz CT molecular complexity index is 481. The lowest BCUT2D eigenvalue weighted by atomic mass is 9.96. The minimum Gasteiger partial charge on any atom is -0.374 e. The van der Waals surface area contributed by atoms with Crippen molar-refractivity contribution in [2.24, 2.45) is 0 Å². The van der Waals surface area contributed by atoms with Crippen molar-refractivity contribution in [3.05, 3.63) is 35.4 Å². The van der Waals surface area contributed by atoms with Crippen molar-refractivity contribution in [1.29, 1.82) is 5.26 Å². The fraction of sp³-hybridized carbons (Fsp3) is 0.562. The summed E-state index contributed by atoms with van der Waals surface area (Å²) in [5.74, 6) is 0. The van der Waals surface area contributed by atoms with Crippen molar-refractivity contribution in [2.75, 3.05) is 26.7 Å². The predicted molar refractivity (Wildman–Crippen MR) is 79.4 cm³/mol. The third kappa shape index (κ3) is 3.57. The van der Waals surface area contributed by atoms with E-state index < -0.39 is 0 Å². The van der Waals surface area contributed by atoms with Crippen LogP contribution in [0.3, 0.4) is 0 Å². The molecule has 0 bridgehead atoms. The lowest BCUT2D eigenvalue weighted by Gasteiger charge is -2.40. The monoisotopic (exact) mass is 273 g/mol. The number of hydrogen-bond donors (Lipinski definition) is 1. The molecule has 20 heavy (non-hydrogen) atoms. The summed E-state index contributed by atoms with van der Waals surface area (Å²) in [4.78, 5) is 2.31. The molecule has 4 heteroatoms. The van der Waals surface area contributed by atoms with E-state index in [1.54, 1.807) is 0 Å². The summed E-state index contributed by atoms with van der Waals surface area (Å²) in [6.45, 7) is 6.77. The molecule has 2 atom stereocenters. The maximum absolute atomic E-state index is 9.06. The SMILES string of the molecule is CC(C)NCC1OCCN(C)C1c1cccc(C#N)c1. The summed E-state index contributed by atoms with van der Waals surface area (Å²) in [6.07, 6.45) is 0.116. The Labute approximate surface area is 121 Å². The maximum atomic E-state index is 9.06. The number of hydrogen-bond acceptors (Lipinski definition) is 4. The summed E-state index contributed by atoms with van der Waals surface area (Å²) >= 11 is 0. The van der Waals surface area contributed by atoms with Crippen LogP contribution in [0.5, 0.6) is 0 Å². The minimum absolute atomic E-state index is 0.116. The van der Waals surface area contributed by atoms with Gasteiger partial charge in [0, 0.05) is 19.1 Å². The number of ether oxygens (including phenoxy) is 1. The molecule has 2 unspecified atom stereocenters. The molecule has 1 N–H and O–H groups in total. The molecule has 0 aliphatic carbocycles. The fourth-order valence-corrected chi connectivity index (χ4v) is 2.65. The van der Waals surface area contributed by atoms with Gasteiger partial charge < -0.3 is 10.1 Å². The molecule has 1 aliphatic heterocycles. The van der Waals surface area contributed by atoms with Crippen molar-refractivity contribution in [1.82, 2.24) is 10.2 Å². The number of rotatable bonds is 4. The summed E-state index contributed by atoms with van der Waals surface area (Å²) in [6, 6.07) is 10.7. The van der Waals surface area contributed by atoms with Crippen molar-refractivity contribution < 1.29 is 4.74 Å². The molecule has 0 radical (unpaired) electrons. The zero-order chi connectivity index (χ0) is 14.5. The quantitative estimate of drug-likeness (QED) is 0.910. The van der Waals surface area contributed by atoms with Gasteiger partial charge in [-0.1, -0.05) is 26.0 Å². The van der Waals surface area contributed by atoms with Crippen molar-refractivity contribution >= 4 is 0 Å². The molecule has 1 heterocycles. The van der Waals surface area contributed by atoms with E-state index in [0.717, 1.165) is 25.3 Å². The van der Waals surface area contributed by atoms with Crippen LogP contribution in [0, 0.1) is 11.3 Å². The highest BCUT2D eigenvalue weighted by Crippen LogP contribution is 2.28. The van der Waals surface area contributed by atoms with Gasteiger partial charge in [-0.15, -0.1) is 0 Å². The van der Waals surface area contributed by atoms with Gasteiger partial charge in [-0.05, 0) is 24.7 Å². The van der Waals surface area contributed by atoms with Gasteiger partial charge in [-0.2, -0.15) is 5.26 Å². The molecular formula is C16H23N3O. The largest absolute Gasteiger partial charge is 0.374 e. The van der Waals surface area contributed by atoms with Crippen LogP contribution in [0.15, 0.2) is 24.3 Å². The van der Waals surface area contributed by atoms with E-state index in [-0.39, 0.29) is 12.1 Å².